The zero-order valence-corrected chi connectivity index (χ0v) is 13.2. The Bertz CT molecular complexity index is 701. The Morgan fingerprint density at radius 1 is 1.24 bits per heavy atom. The summed E-state index contributed by atoms with van der Waals surface area (Å²) in [4.78, 5) is 4.13. The molecule has 8 heteroatoms. The lowest BCUT2D eigenvalue weighted by molar-refractivity contribution is 0.390. The SMILES string of the molecule is Cc1noc(C)c1S(=O)(=O)Nc1ccc(NC(C)C)cn1. The average molecular weight is 310 g/mol. The highest BCUT2D eigenvalue weighted by atomic mass is 32.2. The van der Waals surface area contributed by atoms with Gasteiger partial charge in [0, 0.05) is 6.04 Å². The van der Waals surface area contributed by atoms with Crippen LogP contribution in [0, 0.1) is 13.8 Å². The van der Waals surface area contributed by atoms with E-state index in [1.54, 1.807) is 32.2 Å². The van der Waals surface area contributed by atoms with Crippen molar-refractivity contribution >= 4 is 21.5 Å². The van der Waals surface area contributed by atoms with Gasteiger partial charge >= 0.3 is 0 Å². The second kappa shape index (κ2) is 5.72. The van der Waals surface area contributed by atoms with E-state index in [-0.39, 0.29) is 22.5 Å². The zero-order valence-electron chi connectivity index (χ0n) is 12.3. The van der Waals surface area contributed by atoms with Crippen LogP contribution in [0.1, 0.15) is 25.3 Å². The third kappa shape index (κ3) is 3.52. The van der Waals surface area contributed by atoms with E-state index < -0.39 is 10.0 Å². The Hall–Kier alpha value is -2.09. The van der Waals surface area contributed by atoms with Gasteiger partial charge in [0.2, 0.25) is 0 Å². The quantitative estimate of drug-likeness (QED) is 0.879. The second-order valence-corrected chi connectivity index (χ2v) is 6.61. The van der Waals surface area contributed by atoms with E-state index in [1.807, 2.05) is 13.8 Å². The molecular weight excluding hydrogens is 292 g/mol. The molecule has 0 bridgehead atoms. The lowest BCUT2D eigenvalue weighted by Gasteiger charge is -2.11. The lowest BCUT2D eigenvalue weighted by Crippen LogP contribution is -2.15. The van der Waals surface area contributed by atoms with E-state index in [0.717, 1.165) is 5.69 Å². The number of pyridine rings is 1. The lowest BCUT2D eigenvalue weighted by atomic mass is 10.3. The summed E-state index contributed by atoms with van der Waals surface area (Å²) in [6, 6.07) is 3.63. The monoisotopic (exact) mass is 310 g/mol. The van der Waals surface area contributed by atoms with Crippen molar-refractivity contribution in [1.82, 2.24) is 10.1 Å². The van der Waals surface area contributed by atoms with Gasteiger partial charge in [0.05, 0.1) is 11.9 Å². The fourth-order valence-corrected chi connectivity index (χ4v) is 3.26. The van der Waals surface area contributed by atoms with Gasteiger partial charge in [-0.15, -0.1) is 0 Å². The topological polar surface area (TPSA) is 97.1 Å². The zero-order chi connectivity index (χ0) is 15.6. The molecule has 0 saturated carbocycles. The summed E-state index contributed by atoms with van der Waals surface area (Å²) in [5.41, 5.74) is 1.14. The van der Waals surface area contributed by atoms with E-state index in [1.165, 1.54) is 0 Å². The van der Waals surface area contributed by atoms with Crippen LogP contribution in [0.3, 0.4) is 0 Å². The average Bonchev–Trinajstić information content (AvgIpc) is 2.71. The van der Waals surface area contributed by atoms with Crippen molar-refractivity contribution in [3.8, 4) is 0 Å². The maximum atomic E-state index is 12.3. The molecule has 0 spiro atoms. The molecule has 0 aliphatic rings. The van der Waals surface area contributed by atoms with Crippen molar-refractivity contribution in [3.05, 3.63) is 29.8 Å². The van der Waals surface area contributed by atoms with E-state index in [0.29, 0.717) is 5.69 Å². The molecule has 7 nitrogen and oxygen atoms in total. The Balaban J connectivity index is 2.21. The molecule has 2 heterocycles. The Kier molecular flexibility index (Phi) is 4.17. The number of sulfonamides is 1. The first-order valence-corrected chi connectivity index (χ1v) is 7.96. The maximum absolute atomic E-state index is 12.3. The smallest absolute Gasteiger partial charge is 0.268 e. The second-order valence-electron chi connectivity index (χ2n) is 4.99. The predicted octanol–water partition coefficient (Wildman–Crippen LogP) is 2.31. The van der Waals surface area contributed by atoms with Crippen molar-refractivity contribution < 1.29 is 12.9 Å². The van der Waals surface area contributed by atoms with Crippen LogP contribution < -0.4 is 10.0 Å². The molecule has 114 valence electrons. The third-order valence-electron chi connectivity index (χ3n) is 2.69. The van der Waals surface area contributed by atoms with E-state index in [4.69, 9.17) is 4.52 Å². The van der Waals surface area contributed by atoms with Gasteiger partial charge in [-0.05, 0) is 39.8 Å². The minimum Gasteiger partial charge on any atom is -0.382 e. The molecule has 0 radical (unpaired) electrons. The Labute approximate surface area is 123 Å². The third-order valence-corrected chi connectivity index (χ3v) is 4.29. The largest absolute Gasteiger partial charge is 0.382 e. The van der Waals surface area contributed by atoms with E-state index in [9.17, 15) is 8.42 Å². The maximum Gasteiger partial charge on any atom is 0.268 e. The molecule has 0 aliphatic heterocycles. The highest BCUT2D eigenvalue weighted by Gasteiger charge is 2.24. The molecule has 0 fully saturated rings. The van der Waals surface area contributed by atoms with Crippen molar-refractivity contribution in [2.75, 3.05) is 10.0 Å². The summed E-state index contributed by atoms with van der Waals surface area (Å²) >= 11 is 0. The fraction of sp³-hybridized carbons (Fsp3) is 0.385. The predicted molar refractivity (Wildman–Crippen MR) is 79.8 cm³/mol. The first kappa shape index (κ1) is 15.3. The van der Waals surface area contributed by atoms with Crippen molar-refractivity contribution in [2.45, 2.75) is 38.6 Å². The molecular formula is C13H18N4O3S. The fourth-order valence-electron chi connectivity index (χ4n) is 1.92. The Morgan fingerprint density at radius 2 is 1.95 bits per heavy atom. The standard InChI is InChI=1S/C13H18N4O3S/c1-8(2)15-11-5-6-12(14-7-11)17-21(18,19)13-9(3)16-20-10(13)4/h5-8,15H,1-4H3,(H,14,17). The molecule has 0 atom stereocenters. The first-order valence-electron chi connectivity index (χ1n) is 6.48. The molecule has 0 amide bonds. The van der Waals surface area contributed by atoms with Crippen LogP contribution in [0.4, 0.5) is 11.5 Å². The summed E-state index contributed by atoms with van der Waals surface area (Å²) < 4.78 is 31.9. The van der Waals surface area contributed by atoms with Gasteiger partial charge in [-0.2, -0.15) is 0 Å². The number of nitrogens with one attached hydrogen (secondary N) is 2. The number of hydrogen-bond acceptors (Lipinski definition) is 6. The van der Waals surface area contributed by atoms with Crippen LogP contribution in [-0.4, -0.2) is 24.6 Å². The van der Waals surface area contributed by atoms with E-state index >= 15 is 0 Å². The van der Waals surface area contributed by atoms with Crippen molar-refractivity contribution in [2.24, 2.45) is 0 Å². The highest BCUT2D eigenvalue weighted by molar-refractivity contribution is 7.92. The van der Waals surface area contributed by atoms with Crippen LogP contribution in [0.2, 0.25) is 0 Å². The number of nitrogens with zero attached hydrogens (tertiary/aromatic N) is 2. The Morgan fingerprint density at radius 3 is 2.43 bits per heavy atom. The summed E-state index contributed by atoms with van der Waals surface area (Å²) in [6.45, 7) is 7.15. The van der Waals surface area contributed by atoms with Crippen LogP contribution in [0.15, 0.2) is 27.7 Å². The van der Waals surface area contributed by atoms with Crippen LogP contribution in [0.25, 0.3) is 0 Å². The van der Waals surface area contributed by atoms with Gasteiger partial charge in [-0.3, -0.25) is 4.72 Å². The molecule has 2 aromatic rings. The molecule has 0 aliphatic carbocycles. The van der Waals surface area contributed by atoms with Gasteiger partial charge < -0.3 is 9.84 Å². The summed E-state index contributed by atoms with van der Waals surface area (Å²) in [5, 5.41) is 6.82. The number of hydrogen-bond donors (Lipinski definition) is 2. The van der Waals surface area contributed by atoms with Gasteiger partial charge in [0.15, 0.2) is 10.7 Å². The van der Waals surface area contributed by atoms with Crippen LogP contribution in [0.5, 0.6) is 0 Å². The van der Waals surface area contributed by atoms with Gasteiger partial charge in [0.1, 0.15) is 11.5 Å². The molecule has 0 aromatic carbocycles. The van der Waals surface area contributed by atoms with Crippen LogP contribution >= 0.6 is 0 Å². The molecule has 0 saturated heterocycles. The molecule has 2 rings (SSSR count). The first-order chi connectivity index (χ1) is 9.79. The minimum atomic E-state index is -3.76. The minimum absolute atomic E-state index is 0.0497. The number of aryl methyl sites for hydroxylation is 2. The molecule has 21 heavy (non-hydrogen) atoms. The highest BCUT2D eigenvalue weighted by Crippen LogP contribution is 2.22. The molecule has 2 N–H and O–H groups in total. The normalized spacial score (nSPS) is 11.7. The number of aromatic nitrogens is 2. The van der Waals surface area contributed by atoms with Gasteiger partial charge in [0.25, 0.3) is 10.0 Å². The molecule has 2 aromatic heterocycles. The van der Waals surface area contributed by atoms with Crippen molar-refractivity contribution in [1.29, 1.82) is 0 Å². The summed E-state index contributed by atoms with van der Waals surface area (Å²) in [6.07, 6.45) is 1.57. The van der Waals surface area contributed by atoms with Crippen LogP contribution in [-0.2, 0) is 10.0 Å². The van der Waals surface area contributed by atoms with Crippen molar-refractivity contribution in [3.63, 3.8) is 0 Å². The number of rotatable bonds is 5. The number of anilines is 2. The summed E-state index contributed by atoms with van der Waals surface area (Å²) in [7, 11) is -3.76. The summed E-state index contributed by atoms with van der Waals surface area (Å²) in [5.74, 6) is 0.488. The van der Waals surface area contributed by atoms with E-state index in [2.05, 4.69) is 20.2 Å². The molecule has 0 unspecified atom stereocenters. The van der Waals surface area contributed by atoms with Gasteiger partial charge in [-0.25, -0.2) is 13.4 Å². The van der Waals surface area contributed by atoms with Gasteiger partial charge in [-0.1, -0.05) is 5.16 Å².